The molecule has 2 aromatic carbocycles. The first-order valence-corrected chi connectivity index (χ1v) is 8.57. The van der Waals surface area contributed by atoms with E-state index in [1.54, 1.807) is 13.2 Å². The molecule has 0 aromatic heterocycles. The van der Waals surface area contributed by atoms with Crippen LogP contribution in [-0.2, 0) is 6.54 Å². The van der Waals surface area contributed by atoms with E-state index in [0.717, 1.165) is 30.9 Å². The van der Waals surface area contributed by atoms with Gasteiger partial charge in [-0.3, -0.25) is 4.90 Å². The van der Waals surface area contributed by atoms with Crippen molar-refractivity contribution in [2.24, 2.45) is 0 Å². The van der Waals surface area contributed by atoms with Crippen LogP contribution in [0.3, 0.4) is 0 Å². The summed E-state index contributed by atoms with van der Waals surface area (Å²) >= 11 is 0. The number of aromatic hydroxyl groups is 1. The van der Waals surface area contributed by atoms with Crippen LogP contribution in [0.4, 0.5) is 0 Å². The number of hydrogen-bond acceptors (Lipinski definition) is 4. The maximum absolute atomic E-state index is 9.67. The van der Waals surface area contributed by atoms with Crippen LogP contribution < -0.4 is 9.47 Å². The van der Waals surface area contributed by atoms with Crippen molar-refractivity contribution < 1.29 is 14.6 Å². The molecule has 0 saturated heterocycles. The lowest BCUT2D eigenvalue weighted by molar-refractivity contribution is 0.170. The van der Waals surface area contributed by atoms with Gasteiger partial charge in [-0.25, -0.2) is 0 Å². The minimum Gasteiger partial charge on any atom is -0.504 e. The topological polar surface area (TPSA) is 41.9 Å². The molecule has 0 fully saturated rings. The SMILES string of the molecule is COc1cc(/C=C/CN2Cc3cc(C)ccc3O[C@H](C)C2)ccc1O. The highest BCUT2D eigenvalue weighted by Crippen LogP contribution is 2.27. The summed E-state index contributed by atoms with van der Waals surface area (Å²) in [7, 11) is 1.56. The smallest absolute Gasteiger partial charge is 0.161 e. The van der Waals surface area contributed by atoms with Crippen molar-refractivity contribution in [3.8, 4) is 17.2 Å². The molecule has 1 heterocycles. The normalized spacial score (nSPS) is 17.8. The van der Waals surface area contributed by atoms with Gasteiger partial charge in [-0.1, -0.05) is 35.9 Å². The van der Waals surface area contributed by atoms with E-state index in [9.17, 15) is 5.11 Å². The molecule has 0 aliphatic carbocycles. The molecule has 1 N–H and O–H groups in total. The summed E-state index contributed by atoms with van der Waals surface area (Å²) in [6, 6.07) is 11.7. The molecule has 1 atom stereocenters. The number of hydrogen-bond donors (Lipinski definition) is 1. The van der Waals surface area contributed by atoms with Crippen molar-refractivity contribution in [3.63, 3.8) is 0 Å². The van der Waals surface area contributed by atoms with Gasteiger partial charge in [0.05, 0.1) is 7.11 Å². The lowest BCUT2D eigenvalue weighted by atomic mass is 10.1. The molecule has 2 aromatic rings. The van der Waals surface area contributed by atoms with Crippen LogP contribution in [0.1, 0.15) is 23.6 Å². The quantitative estimate of drug-likeness (QED) is 0.914. The first-order valence-electron chi connectivity index (χ1n) is 8.57. The van der Waals surface area contributed by atoms with Crippen LogP contribution >= 0.6 is 0 Å². The summed E-state index contributed by atoms with van der Waals surface area (Å²) in [6.45, 7) is 6.82. The Morgan fingerprint density at radius 2 is 2.12 bits per heavy atom. The average Bonchev–Trinajstić information content (AvgIpc) is 2.73. The van der Waals surface area contributed by atoms with E-state index in [0.29, 0.717) is 5.75 Å². The number of phenols is 1. The number of methoxy groups -OCH3 is 1. The zero-order valence-corrected chi connectivity index (χ0v) is 15.0. The number of rotatable bonds is 4. The third-order valence-electron chi connectivity index (χ3n) is 4.33. The van der Waals surface area contributed by atoms with E-state index in [1.165, 1.54) is 11.1 Å². The minimum absolute atomic E-state index is 0.158. The van der Waals surface area contributed by atoms with Crippen molar-refractivity contribution in [2.45, 2.75) is 26.5 Å². The van der Waals surface area contributed by atoms with Crippen LogP contribution in [0.2, 0.25) is 0 Å². The summed E-state index contributed by atoms with van der Waals surface area (Å²) in [5.41, 5.74) is 3.50. The Balaban J connectivity index is 1.70. The van der Waals surface area contributed by atoms with E-state index in [1.807, 2.05) is 12.1 Å². The zero-order valence-electron chi connectivity index (χ0n) is 15.0. The highest BCUT2D eigenvalue weighted by atomic mass is 16.5. The van der Waals surface area contributed by atoms with Gasteiger partial charge in [0.2, 0.25) is 0 Å². The second-order valence-electron chi connectivity index (χ2n) is 6.57. The van der Waals surface area contributed by atoms with Gasteiger partial charge < -0.3 is 14.6 Å². The predicted octanol–water partition coefficient (Wildman–Crippen LogP) is 4.01. The number of nitrogens with zero attached hydrogens (tertiary/aromatic N) is 1. The summed E-state index contributed by atoms with van der Waals surface area (Å²) in [5.74, 6) is 1.64. The predicted molar refractivity (Wildman–Crippen MR) is 100 cm³/mol. The largest absolute Gasteiger partial charge is 0.504 e. The van der Waals surface area contributed by atoms with Crippen LogP contribution in [0, 0.1) is 6.92 Å². The lowest BCUT2D eigenvalue weighted by Crippen LogP contribution is -2.31. The fourth-order valence-electron chi connectivity index (χ4n) is 3.14. The number of fused-ring (bicyclic) bond motifs is 1. The minimum atomic E-state index is 0.158. The summed E-state index contributed by atoms with van der Waals surface area (Å²) < 4.78 is 11.2. The maximum Gasteiger partial charge on any atom is 0.161 e. The number of aryl methyl sites for hydroxylation is 1. The Hall–Kier alpha value is -2.46. The first-order chi connectivity index (χ1) is 12.0. The van der Waals surface area contributed by atoms with E-state index < -0.39 is 0 Å². The molecule has 3 rings (SSSR count). The molecule has 0 bridgehead atoms. The molecule has 0 amide bonds. The van der Waals surface area contributed by atoms with Gasteiger partial charge in [0, 0.05) is 25.2 Å². The molecular formula is C21H25NO3. The Morgan fingerprint density at radius 1 is 1.28 bits per heavy atom. The van der Waals surface area contributed by atoms with Crippen molar-refractivity contribution in [1.29, 1.82) is 0 Å². The van der Waals surface area contributed by atoms with E-state index >= 15 is 0 Å². The first kappa shape index (κ1) is 17.4. The fourth-order valence-corrected chi connectivity index (χ4v) is 3.14. The van der Waals surface area contributed by atoms with Crippen LogP contribution in [0.5, 0.6) is 17.2 Å². The van der Waals surface area contributed by atoms with Crippen LogP contribution in [-0.4, -0.2) is 36.3 Å². The van der Waals surface area contributed by atoms with Gasteiger partial charge in [0.15, 0.2) is 11.5 Å². The van der Waals surface area contributed by atoms with Gasteiger partial charge in [-0.2, -0.15) is 0 Å². The number of phenolic OH excluding ortho intramolecular Hbond substituents is 1. The Bertz CT molecular complexity index is 770. The van der Waals surface area contributed by atoms with Gasteiger partial charge in [0.25, 0.3) is 0 Å². The molecular weight excluding hydrogens is 314 g/mol. The molecule has 4 nitrogen and oxygen atoms in total. The average molecular weight is 339 g/mol. The zero-order chi connectivity index (χ0) is 17.8. The Labute approximate surface area is 149 Å². The number of benzene rings is 2. The molecule has 4 heteroatoms. The second kappa shape index (κ2) is 7.62. The summed E-state index contributed by atoms with van der Waals surface area (Å²) in [5, 5.41) is 9.67. The molecule has 132 valence electrons. The Morgan fingerprint density at radius 3 is 2.92 bits per heavy atom. The van der Waals surface area contributed by atoms with Gasteiger partial charge in [0.1, 0.15) is 11.9 Å². The van der Waals surface area contributed by atoms with E-state index in [-0.39, 0.29) is 11.9 Å². The summed E-state index contributed by atoms with van der Waals surface area (Å²) in [4.78, 5) is 2.38. The monoisotopic (exact) mass is 339 g/mol. The van der Waals surface area contributed by atoms with Crippen LogP contribution in [0.25, 0.3) is 6.08 Å². The Kier molecular flexibility index (Phi) is 5.29. The van der Waals surface area contributed by atoms with Crippen molar-refractivity contribution in [1.82, 2.24) is 4.90 Å². The van der Waals surface area contributed by atoms with Gasteiger partial charge >= 0.3 is 0 Å². The van der Waals surface area contributed by atoms with Crippen molar-refractivity contribution >= 4 is 6.08 Å². The lowest BCUT2D eigenvalue weighted by Gasteiger charge is -2.20. The summed E-state index contributed by atoms with van der Waals surface area (Å²) in [6.07, 6.45) is 4.35. The molecule has 1 aliphatic heterocycles. The molecule has 0 radical (unpaired) electrons. The third-order valence-corrected chi connectivity index (χ3v) is 4.33. The highest BCUT2D eigenvalue weighted by Gasteiger charge is 2.19. The third kappa shape index (κ3) is 4.34. The van der Waals surface area contributed by atoms with Gasteiger partial charge in [-0.05, 0) is 37.6 Å². The van der Waals surface area contributed by atoms with E-state index in [2.05, 4.69) is 49.1 Å². The molecule has 25 heavy (non-hydrogen) atoms. The molecule has 0 unspecified atom stereocenters. The van der Waals surface area contributed by atoms with Crippen molar-refractivity contribution in [2.75, 3.05) is 20.2 Å². The van der Waals surface area contributed by atoms with E-state index in [4.69, 9.17) is 9.47 Å². The fraction of sp³-hybridized carbons (Fsp3) is 0.333. The molecule has 0 spiro atoms. The second-order valence-corrected chi connectivity index (χ2v) is 6.57. The molecule has 0 saturated carbocycles. The van der Waals surface area contributed by atoms with Gasteiger partial charge in [-0.15, -0.1) is 0 Å². The van der Waals surface area contributed by atoms with Crippen LogP contribution in [0.15, 0.2) is 42.5 Å². The molecule has 1 aliphatic rings. The number of ether oxygens (including phenoxy) is 2. The maximum atomic E-state index is 9.67. The highest BCUT2D eigenvalue weighted by molar-refractivity contribution is 5.55. The standard InChI is InChI=1S/C21H25NO3/c1-15-6-9-20-18(11-15)14-22(13-16(2)25-20)10-4-5-17-7-8-19(23)21(12-17)24-3/h4-9,11-12,16,23H,10,13-14H2,1-3H3/b5-4+/t16-/m1/s1. The van der Waals surface area contributed by atoms with Crippen molar-refractivity contribution in [3.05, 3.63) is 59.2 Å².